The van der Waals surface area contributed by atoms with Gasteiger partial charge in [0.25, 0.3) is 11.8 Å². The Morgan fingerprint density at radius 3 is 2.43 bits per heavy atom. The molecule has 7 nitrogen and oxygen atoms in total. The molecule has 1 fully saturated rings. The van der Waals surface area contributed by atoms with Gasteiger partial charge in [0.1, 0.15) is 5.82 Å². The van der Waals surface area contributed by atoms with E-state index in [1.54, 1.807) is 36.4 Å². The summed E-state index contributed by atoms with van der Waals surface area (Å²) in [5, 5.41) is 5.85. The standard InChI is InChI=1S/C23H24N4O3/c1-16-4-2-6-21(24-16)27-13-11-19(12-14-27)25-22(28)17-7-9-18(10-8-17)26-23(29)20-5-3-15-30-20/h2-10,15,19H,11-14H2,1H3,(H,25,28)(H,26,29). The monoisotopic (exact) mass is 404 g/mol. The number of carbonyl (C=O) groups excluding carboxylic acids is 2. The van der Waals surface area contributed by atoms with E-state index in [-0.39, 0.29) is 23.6 Å². The van der Waals surface area contributed by atoms with Gasteiger partial charge in [-0.15, -0.1) is 0 Å². The van der Waals surface area contributed by atoms with E-state index in [4.69, 9.17) is 4.42 Å². The van der Waals surface area contributed by atoms with Gasteiger partial charge in [-0.05, 0) is 68.3 Å². The zero-order chi connectivity index (χ0) is 20.9. The fourth-order valence-corrected chi connectivity index (χ4v) is 3.53. The van der Waals surface area contributed by atoms with Crippen LogP contribution in [-0.4, -0.2) is 35.9 Å². The first-order valence-electron chi connectivity index (χ1n) is 10.0. The van der Waals surface area contributed by atoms with Crippen LogP contribution >= 0.6 is 0 Å². The van der Waals surface area contributed by atoms with Gasteiger partial charge < -0.3 is 20.0 Å². The average molecular weight is 404 g/mol. The lowest BCUT2D eigenvalue weighted by Gasteiger charge is -2.33. The highest BCUT2D eigenvalue weighted by molar-refractivity contribution is 6.02. The number of rotatable bonds is 5. The highest BCUT2D eigenvalue weighted by atomic mass is 16.3. The summed E-state index contributed by atoms with van der Waals surface area (Å²) in [4.78, 5) is 31.4. The number of aryl methyl sites for hydroxylation is 1. The van der Waals surface area contributed by atoms with Crippen LogP contribution in [0.3, 0.4) is 0 Å². The third kappa shape index (κ3) is 4.68. The molecular weight excluding hydrogens is 380 g/mol. The predicted octanol–water partition coefficient (Wildman–Crippen LogP) is 3.63. The topological polar surface area (TPSA) is 87.5 Å². The molecule has 0 aliphatic carbocycles. The van der Waals surface area contributed by atoms with E-state index in [0.717, 1.165) is 37.4 Å². The number of benzene rings is 1. The zero-order valence-electron chi connectivity index (χ0n) is 16.8. The minimum absolute atomic E-state index is 0.106. The number of hydrogen-bond acceptors (Lipinski definition) is 5. The van der Waals surface area contributed by atoms with Crippen LogP contribution in [0, 0.1) is 6.92 Å². The van der Waals surface area contributed by atoms with E-state index >= 15 is 0 Å². The molecule has 3 aromatic rings. The van der Waals surface area contributed by atoms with Crippen LogP contribution in [0.2, 0.25) is 0 Å². The molecule has 7 heteroatoms. The second-order valence-electron chi connectivity index (χ2n) is 7.38. The van der Waals surface area contributed by atoms with Crippen molar-refractivity contribution < 1.29 is 14.0 Å². The summed E-state index contributed by atoms with van der Waals surface area (Å²) in [5.41, 5.74) is 2.17. The molecule has 0 spiro atoms. The molecule has 3 heterocycles. The summed E-state index contributed by atoms with van der Waals surface area (Å²) in [5.74, 6) is 0.800. The Balaban J connectivity index is 1.28. The van der Waals surface area contributed by atoms with E-state index in [0.29, 0.717) is 11.3 Å². The third-order valence-corrected chi connectivity index (χ3v) is 5.18. The first-order valence-corrected chi connectivity index (χ1v) is 10.0. The van der Waals surface area contributed by atoms with Crippen LogP contribution in [0.15, 0.2) is 65.3 Å². The first kappa shape index (κ1) is 19.7. The number of anilines is 2. The van der Waals surface area contributed by atoms with Crippen LogP contribution in [0.1, 0.15) is 39.4 Å². The number of pyridine rings is 1. The Morgan fingerprint density at radius 1 is 1.00 bits per heavy atom. The Hall–Kier alpha value is -3.61. The Kier molecular flexibility index (Phi) is 5.79. The zero-order valence-corrected chi connectivity index (χ0v) is 16.8. The van der Waals surface area contributed by atoms with E-state index < -0.39 is 0 Å². The molecule has 0 radical (unpaired) electrons. The van der Waals surface area contributed by atoms with Gasteiger partial charge in [0.05, 0.1) is 6.26 Å². The lowest BCUT2D eigenvalue weighted by atomic mass is 10.0. The van der Waals surface area contributed by atoms with Crippen molar-refractivity contribution in [1.29, 1.82) is 0 Å². The molecule has 2 aromatic heterocycles. The van der Waals surface area contributed by atoms with Gasteiger partial charge in [-0.3, -0.25) is 9.59 Å². The number of amides is 2. The summed E-state index contributed by atoms with van der Waals surface area (Å²) in [7, 11) is 0. The summed E-state index contributed by atoms with van der Waals surface area (Å²) in [6.45, 7) is 3.71. The number of nitrogens with zero attached hydrogens (tertiary/aromatic N) is 2. The highest BCUT2D eigenvalue weighted by Gasteiger charge is 2.22. The van der Waals surface area contributed by atoms with Crippen LogP contribution < -0.4 is 15.5 Å². The lowest BCUT2D eigenvalue weighted by Crippen LogP contribution is -2.45. The molecule has 1 saturated heterocycles. The molecular formula is C23H24N4O3. The van der Waals surface area contributed by atoms with Crippen molar-refractivity contribution in [2.75, 3.05) is 23.3 Å². The molecule has 30 heavy (non-hydrogen) atoms. The Morgan fingerprint density at radius 2 is 1.77 bits per heavy atom. The maximum Gasteiger partial charge on any atom is 0.291 e. The highest BCUT2D eigenvalue weighted by Crippen LogP contribution is 2.19. The van der Waals surface area contributed by atoms with Gasteiger partial charge in [0.2, 0.25) is 0 Å². The van der Waals surface area contributed by atoms with Crippen LogP contribution in [0.5, 0.6) is 0 Å². The number of carbonyl (C=O) groups is 2. The maximum atomic E-state index is 12.6. The molecule has 2 amide bonds. The van der Waals surface area contributed by atoms with E-state index in [2.05, 4.69) is 20.5 Å². The Bertz CT molecular complexity index is 1010. The molecule has 0 saturated carbocycles. The van der Waals surface area contributed by atoms with Crippen molar-refractivity contribution in [3.05, 3.63) is 77.9 Å². The van der Waals surface area contributed by atoms with Gasteiger partial charge in [-0.1, -0.05) is 6.07 Å². The van der Waals surface area contributed by atoms with Crippen LogP contribution in [0.25, 0.3) is 0 Å². The maximum absolute atomic E-state index is 12.6. The number of hydrogen-bond donors (Lipinski definition) is 2. The first-order chi connectivity index (χ1) is 14.6. The van der Waals surface area contributed by atoms with Crippen molar-refractivity contribution >= 4 is 23.3 Å². The SMILES string of the molecule is Cc1cccc(N2CCC(NC(=O)c3ccc(NC(=O)c4ccco4)cc3)CC2)n1. The van der Waals surface area contributed by atoms with E-state index in [9.17, 15) is 9.59 Å². The van der Waals surface area contributed by atoms with Crippen molar-refractivity contribution in [3.63, 3.8) is 0 Å². The van der Waals surface area contributed by atoms with Gasteiger partial charge >= 0.3 is 0 Å². The Labute approximate surface area is 175 Å². The largest absolute Gasteiger partial charge is 0.459 e. The molecule has 1 aliphatic heterocycles. The molecule has 0 atom stereocenters. The molecule has 0 bridgehead atoms. The number of aromatic nitrogens is 1. The fraction of sp³-hybridized carbons (Fsp3) is 0.261. The fourth-order valence-electron chi connectivity index (χ4n) is 3.53. The number of piperidine rings is 1. The predicted molar refractivity (Wildman–Crippen MR) is 115 cm³/mol. The minimum Gasteiger partial charge on any atom is -0.459 e. The third-order valence-electron chi connectivity index (χ3n) is 5.18. The van der Waals surface area contributed by atoms with Crippen LogP contribution in [-0.2, 0) is 0 Å². The van der Waals surface area contributed by atoms with Gasteiger partial charge in [0, 0.05) is 36.1 Å². The average Bonchev–Trinajstić information content (AvgIpc) is 3.30. The smallest absolute Gasteiger partial charge is 0.291 e. The van der Waals surface area contributed by atoms with Crippen molar-refractivity contribution in [3.8, 4) is 0 Å². The molecule has 0 unspecified atom stereocenters. The summed E-state index contributed by atoms with van der Waals surface area (Å²) >= 11 is 0. The summed E-state index contributed by atoms with van der Waals surface area (Å²) < 4.78 is 5.07. The molecule has 4 rings (SSSR count). The van der Waals surface area contributed by atoms with Gasteiger partial charge in [-0.25, -0.2) is 4.98 Å². The molecule has 1 aromatic carbocycles. The van der Waals surface area contributed by atoms with E-state index in [1.807, 2.05) is 25.1 Å². The van der Waals surface area contributed by atoms with Gasteiger partial charge in [0.15, 0.2) is 5.76 Å². The summed E-state index contributed by atoms with van der Waals surface area (Å²) in [6.07, 6.45) is 3.20. The second-order valence-corrected chi connectivity index (χ2v) is 7.38. The van der Waals surface area contributed by atoms with Crippen molar-refractivity contribution in [2.45, 2.75) is 25.8 Å². The number of furan rings is 1. The molecule has 2 N–H and O–H groups in total. The van der Waals surface area contributed by atoms with Crippen LogP contribution in [0.4, 0.5) is 11.5 Å². The minimum atomic E-state index is -0.327. The number of nitrogens with one attached hydrogen (secondary N) is 2. The van der Waals surface area contributed by atoms with Crippen molar-refractivity contribution in [2.24, 2.45) is 0 Å². The quantitative estimate of drug-likeness (QED) is 0.678. The second kappa shape index (κ2) is 8.82. The van der Waals surface area contributed by atoms with Crippen molar-refractivity contribution in [1.82, 2.24) is 10.3 Å². The summed E-state index contributed by atoms with van der Waals surface area (Å²) in [6, 6.07) is 16.3. The molecule has 154 valence electrons. The van der Waals surface area contributed by atoms with E-state index in [1.165, 1.54) is 6.26 Å². The normalized spacial score (nSPS) is 14.4. The molecule has 1 aliphatic rings. The van der Waals surface area contributed by atoms with Gasteiger partial charge in [-0.2, -0.15) is 0 Å². The lowest BCUT2D eigenvalue weighted by molar-refractivity contribution is 0.0930.